The van der Waals surface area contributed by atoms with Crippen LogP contribution in [0.1, 0.15) is 22.8 Å². The van der Waals surface area contributed by atoms with E-state index < -0.39 is 10.0 Å². The molecule has 0 saturated heterocycles. The van der Waals surface area contributed by atoms with Gasteiger partial charge in [-0.05, 0) is 31.5 Å². The lowest BCUT2D eigenvalue weighted by Gasteiger charge is -2.11. The van der Waals surface area contributed by atoms with Crippen molar-refractivity contribution in [2.45, 2.75) is 18.7 Å². The van der Waals surface area contributed by atoms with Crippen molar-refractivity contribution in [2.24, 2.45) is 5.14 Å². The lowest BCUT2D eigenvalue weighted by molar-refractivity contribution is 0.0921. The summed E-state index contributed by atoms with van der Waals surface area (Å²) in [6.45, 7) is 4.90. The predicted octanol–water partition coefficient (Wildman–Crippen LogP) is 1.17. The second-order valence-corrected chi connectivity index (χ2v) is 6.49. The van der Waals surface area contributed by atoms with E-state index in [1.54, 1.807) is 6.92 Å². The van der Waals surface area contributed by atoms with Crippen molar-refractivity contribution in [3.8, 4) is 0 Å². The van der Waals surface area contributed by atoms with Crippen LogP contribution in [0.2, 0.25) is 0 Å². The highest BCUT2D eigenvalue weighted by Crippen LogP contribution is 2.24. The highest BCUT2D eigenvalue weighted by molar-refractivity contribution is 9.10. The number of amides is 1. The molecule has 0 bridgehead atoms. The van der Waals surface area contributed by atoms with E-state index in [-0.39, 0.29) is 16.4 Å². The first-order chi connectivity index (χ1) is 9.27. The van der Waals surface area contributed by atoms with Gasteiger partial charge in [0.05, 0.1) is 11.5 Å². The number of sulfonamides is 1. The van der Waals surface area contributed by atoms with Crippen LogP contribution in [0.15, 0.2) is 21.5 Å². The fourth-order valence-corrected chi connectivity index (χ4v) is 2.71. The molecule has 0 heterocycles. The standard InChI is InChI=1S/C12H17BrN2O4S/c1-3-19-5-4-15-12(16)10-6-9(20(14,17)18)7-11(13)8(10)2/h6-7H,3-5H2,1-2H3,(H,15,16)(H2,14,17,18). The van der Waals surface area contributed by atoms with E-state index in [0.29, 0.717) is 29.8 Å². The number of carbonyl (C=O) groups excluding carboxylic acids is 1. The fraction of sp³-hybridized carbons (Fsp3) is 0.417. The van der Waals surface area contributed by atoms with Gasteiger partial charge in [-0.1, -0.05) is 15.9 Å². The third-order valence-electron chi connectivity index (χ3n) is 2.63. The molecule has 1 aromatic carbocycles. The summed E-state index contributed by atoms with van der Waals surface area (Å²) in [7, 11) is -3.86. The molecule has 112 valence electrons. The highest BCUT2D eigenvalue weighted by Gasteiger charge is 2.17. The number of rotatable bonds is 6. The van der Waals surface area contributed by atoms with E-state index in [1.807, 2.05) is 6.92 Å². The second-order valence-electron chi connectivity index (χ2n) is 4.08. The summed E-state index contributed by atoms with van der Waals surface area (Å²) in [6, 6.07) is 2.65. The zero-order chi connectivity index (χ0) is 15.3. The number of carbonyl (C=O) groups is 1. The Morgan fingerprint density at radius 3 is 2.65 bits per heavy atom. The largest absolute Gasteiger partial charge is 0.380 e. The number of nitrogens with one attached hydrogen (secondary N) is 1. The number of ether oxygens (including phenoxy) is 1. The van der Waals surface area contributed by atoms with E-state index >= 15 is 0 Å². The number of halogens is 1. The van der Waals surface area contributed by atoms with Gasteiger partial charge in [-0.25, -0.2) is 13.6 Å². The number of nitrogens with two attached hydrogens (primary N) is 1. The van der Waals surface area contributed by atoms with Gasteiger partial charge in [-0.15, -0.1) is 0 Å². The summed E-state index contributed by atoms with van der Waals surface area (Å²) in [4.78, 5) is 11.9. The Labute approximate surface area is 126 Å². The minimum atomic E-state index is -3.86. The van der Waals surface area contributed by atoms with Crippen molar-refractivity contribution in [2.75, 3.05) is 19.8 Å². The van der Waals surface area contributed by atoms with Gasteiger partial charge in [0.25, 0.3) is 5.91 Å². The third kappa shape index (κ3) is 4.55. The average Bonchev–Trinajstić information content (AvgIpc) is 2.36. The van der Waals surface area contributed by atoms with Gasteiger partial charge >= 0.3 is 0 Å². The maximum Gasteiger partial charge on any atom is 0.251 e. The van der Waals surface area contributed by atoms with E-state index in [2.05, 4.69) is 21.2 Å². The number of benzene rings is 1. The van der Waals surface area contributed by atoms with Gasteiger partial charge in [0.15, 0.2) is 0 Å². The zero-order valence-corrected chi connectivity index (χ0v) is 13.7. The Hall–Kier alpha value is -0.960. The molecule has 0 aliphatic carbocycles. The maximum atomic E-state index is 12.0. The SMILES string of the molecule is CCOCCNC(=O)c1cc(S(N)(=O)=O)cc(Br)c1C. The molecule has 6 nitrogen and oxygen atoms in total. The van der Waals surface area contributed by atoms with Gasteiger partial charge in [0.2, 0.25) is 10.0 Å². The van der Waals surface area contributed by atoms with Gasteiger partial charge in [0.1, 0.15) is 0 Å². The summed E-state index contributed by atoms with van der Waals surface area (Å²) < 4.78 is 28.4. The number of primary sulfonamides is 1. The summed E-state index contributed by atoms with van der Waals surface area (Å²) >= 11 is 3.23. The molecule has 0 saturated carbocycles. The topological polar surface area (TPSA) is 98.5 Å². The molecule has 8 heteroatoms. The van der Waals surface area contributed by atoms with Crippen LogP contribution >= 0.6 is 15.9 Å². The molecule has 0 aliphatic heterocycles. The molecule has 1 aromatic rings. The van der Waals surface area contributed by atoms with Crippen molar-refractivity contribution in [3.05, 3.63) is 27.7 Å². The van der Waals surface area contributed by atoms with E-state index in [9.17, 15) is 13.2 Å². The zero-order valence-electron chi connectivity index (χ0n) is 11.3. The van der Waals surface area contributed by atoms with E-state index in [0.717, 1.165) is 0 Å². The van der Waals surface area contributed by atoms with Crippen LogP contribution < -0.4 is 10.5 Å². The van der Waals surface area contributed by atoms with Gasteiger partial charge < -0.3 is 10.1 Å². The molecule has 3 N–H and O–H groups in total. The monoisotopic (exact) mass is 364 g/mol. The minimum absolute atomic E-state index is 0.107. The van der Waals surface area contributed by atoms with Crippen molar-refractivity contribution in [1.29, 1.82) is 0 Å². The summed E-state index contributed by atoms with van der Waals surface area (Å²) in [6.07, 6.45) is 0. The van der Waals surface area contributed by atoms with Crippen LogP contribution in [0.4, 0.5) is 0 Å². The summed E-state index contributed by atoms with van der Waals surface area (Å²) in [5, 5.41) is 7.74. The van der Waals surface area contributed by atoms with Gasteiger partial charge in [-0.3, -0.25) is 4.79 Å². The first-order valence-corrected chi connectivity index (χ1v) is 8.30. The Morgan fingerprint density at radius 1 is 1.45 bits per heavy atom. The highest BCUT2D eigenvalue weighted by atomic mass is 79.9. The van der Waals surface area contributed by atoms with Gasteiger partial charge in [-0.2, -0.15) is 0 Å². The molecule has 0 aromatic heterocycles. The Morgan fingerprint density at radius 2 is 2.10 bits per heavy atom. The maximum absolute atomic E-state index is 12.0. The smallest absolute Gasteiger partial charge is 0.251 e. The number of hydrogen-bond acceptors (Lipinski definition) is 4. The first-order valence-electron chi connectivity index (χ1n) is 5.96. The molecular weight excluding hydrogens is 348 g/mol. The molecule has 20 heavy (non-hydrogen) atoms. The van der Waals surface area contributed by atoms with E-state index in [1.165, 1.54) is 12.1 Å². The van der Waals surface area contributed by atoms with Crippen molar-refractivity contribution in [3.63, 3.8) is 0 Å². The Kier molecular flexibility index (Phi) is 6.12. The van der Waals surface area contributed by atoms with Gasteiger partial charge in [0, 0.05) is 23.2 Å². The lowest BCUT2D eigenvalue weighted by atomic mass is 10.1. The molecule has 0 aliphatic rings. The molecule has 0 fully saturated rings. The second kappa shape index (κ2) is 7.16. The minimum Gasteiger partial charge on any atom is -0.380 e. The summed E-state index contributed by atoms with van der Waals surface area (Å²) in [5.41, 5.74) is 0.909. The normalized spacial score (nSPS) is 11.4. The third-order valence-corrected chi connectivity index (χ3v) is 4.34. The van der Waals surface area contributed by atoms with Crippen LogP contribution in [-0.2, 0) is 14.8 Å². The van der Waals surface area contributed by atoms with Crippen molar-refractivity contribution >= 4 is 31.9 Å². The fourth-order valence-electron chi connectivity index (χ4n) is 1.53. The molecular formula is C12H17BrN2O4S. The van der Waals surface area contributed by atoms with E-state index in [4.69, 9.17) is 9.88 Å². The summed E-state index contributed by atoms with van der Waals surface area (Å²) in [5.74, 6) is -0.367. The van der Waals surface area contributed by atoms with Crippen molar-refractivity contribution < 1.29 is 17.9 Å². The quantitative estimate of drug-likeness (QED) is 0.740. The molecule has 0 atom stereocenters. The first kappa shape index (κ1) is 17.1. The van der Waals surface area contributed by atoms with Crippen LogP contribution in [0.25, 0.3) is 0 Å². The molecule has 1 rings (SSSR count). The van der Waals surface area contributed by atoms with Crippen LogP contribution in [0, 0.1) is 6.92 Å². The Balaban J connectivity index is 2.99. The Bertz CT molecular complexity index is 602. The molecule has 0 unspecified atom stereocenters. The van der Waals surface area contributed by atoms with Crippen molar-refractivity contribution in [1.82, 2.24) is 5.32 Å². The lowest BCUT2D eigenvalue weighted by Crippen LogP contribution is -2.28. The van der Waals surface area contributed by atoms with Crippen LogP contribution in [-0.4, -0.2) is 34.1 Å². The van der Waals surface area contributed by atoms with Crippen LogP contribution in [0.5, 0.6) is 0 Å². The average molecular weight is 365 g/mol. The molecule has 1 amide bonds. The number of hydrogen-bond donors (Lipinski definition) is 2. The van der Waals surface area contributed by atoms with Crippen LogP contribution in [0.3, 0.4) is 0 Å². The molecule has 0 radical (unpaired) electrons. The predicted molar refractivity (Wildman–Crippen MR) is 79.1 cm³/mol. The molecule has 0 spiro atoms.